The van der Waals surface area contributed by atoms with E-state index in [2.05, 4.69) is 5.32 Å². The second kappa shape index (κ2) is 10.4. The number of carbonyl (C=O) groups is 2. The molecule has 0 spiro atoms. The lowest BCUT2D eigenvalue weighted by molar-refractivity contribution is -0.139. The van der Waals surface area contributed by atoms with Crippen LogP contribution in [0.5, 0.6) is 0 Å². The van der Waals surface area contributed by atoms with E-state index in [1.165, 1.54) is 17.0 Å². The van der Waals surface area contributed by atoms with E-state index in [0.29, 0.717) is 6.54 Å². The van der Waals surface area contributed by atoms with Gasteiger partial charge in [-0.05, 0) is 50.6 Å². The molecule has 0 aliphatic heterocycles. The van der Waals surface area contributed by atoms with Crippen LogP contribution < -0.4 is 9.62 Å². The van der Waals surface area contributed by atoms with Crippen LogP contribution in [0.3, 0.4) is 0 Å². The van der Waals surface area contributed by atoms with E-state index >= 15 is 0 Å². The van der Waals surface area contributed by atoms with Gasteiger partial charge in [-0.1, -0.05) is 29.8 Å². The van der Waals surface area contributed by atoms with Crippen molar-refractivity contribution in [3.05, 3.63) is 65.5 Å². The maximum atomic E-state index is 13.3. The van der Waals surface area contributed by atoms with Crippen molar-refractivity contribution in [1.82, 2.24) is 10.2 Å². The van der Waals surface area contributed by atoms with Crippen LogP contribution >= 0.6 is 0 Å². The van der Waals surface area contributed by atoms with E-state index in [1.807, 2.05) is 31.2 Å². The molecule has 0 fully saturated rings. The number of nitrogens with one attached hydrogen (secondary N) is 1. The summed E-state index contributed by atoms with van der Waals surface area (Å²) in [7, 11) is -3.83. The molecule has 2 aromatic carbocycles. The third kappa shape index (κ3) is 6.78. The number of carbonyl (C=O) groups excluding carboxylic acids is 2. The maximum absolute atomic E-state index is 13.3. The van der Waals surface area contributed by atoms with Gasteiger partial charge in [0.15, 0.2) is 0 Å². The number of sulfonamides is 1. The molecule has 9 heteroatoms. The third-order valence-corrected chi connectivity index (χ3v) is 5.89. The van der Waals surface area contributed by atoms with Gasteiger partial charge in [0, 0.05) is 13.1 Å². The van der Waals surface area contributed by atoms with Crippen molar-refractivity contribution in [1.29, 1.82) is 0 Å². The average Bonchev–Trinajstić information content (AvgIpc) is 2.70. The van der Waals surface area contributed by atoms with Crippen molar-refractivity contribution in [2.45, 2.75) is 33.4 Å². The summed E-state index contributed by atoms with van der Waals surface area (Å²) in [5.74, 6) is -1.40. The minimum absolute atomic E-state index is 0.139. The van der Waals surface area contributed by atoms with E-state index in [9.17, 15) is 22.4 Å². The van der Waals surface area contributed by atoms with Crippen LogP contribution in [0, 0.1) is 12.7 Å². The summed E-state index contributed by atoms with van der Waals surface area (Å²) in [5, 5.41) is 2.69. The van der Waals surface area contributed by atoms with Gasteiger partial charge in [-0.15, -0.1) is 0 Å². The highest BCUT2D eigenvalue weighted by Crippen LogP contribution is 2.19. The smallest absolute Gasteiger partial charge is 0.244 e. The Morgan fingerprint density at radius 1 is 1.13 bits per heavy atom. The van der Waals surface area contributed by atoms with E-state index in [4.69, 9.17) is 0 Å². The SMILES string of the molecule is CCNC(=O)[C@H](C)N(Cc1cccc(C)c1)C(=O)CN(c1ccc(F)cc1)S(C)(=O)=O. The van der Waals surface area contributed by atoms with E-state index in [1.54, 1.807) is 13.8 Å². The van der Waals surface area contributed by atoms with Gasteiger partial charge >= 0.3 is 0 Å². The number of aryl methyl sites for hydroxylation is 1. The molecule has 2 amide bonds. The number of nitrogens with zero attached hydrogens (tertiary/aromatic N) is 2. The minimum Gasteiger partial charge on any atom is -0.355 e. The predicted molar refractivity (Wildman–Crippen MR) is 118 cm³/mol. The molecule has 0 saturated heterocycles. The Morgan fingerprint density at radius 3 is 2.32 bits per heavy atom. The molecule has 7 nitrogen and oxygen atoms in total. The van der Waals surface area contributed by atoms with Gasteiger partial charge in [0.2, 0.25) is 21.8 Å². The number of anilines is 1. The highest BCUT2D eigenvalue weighted by Gasteiger charge is 2.29. The molecule has 1 N–H and O–H groups in total. The Kier molecular flexibility index (Phi) is 8.15. The third-order valence-electron chi connectivity index (χ3n) is 4.75. The monoisotopic (exact) mass is 449 g/mol. The second-order valence-corrected chi connectivity index (χ2v) is 9.23. The van der Waals surface area contributed by atoms with Crippen LogP contribution in [0.15, 0.2) is 48.5 Å². The van der Waals surface area contributed by atoms with Crippen molar-refractivity contribution in [2.75, 3.05) is 23.7 Å². The molecule has 31 heavy (non-hydrogen) atoms. The lowest BCUT2D eigenvalue weighted by Crippen LogP contribution is -2.51. The van der Waals surface area contributed by atoms with Gasteiger partial charge in [-0.3, -0.25) is 13.9 Å². The number of rotatable bonds is 9. The Balaban J connectivity index is 2.37. The quantitative estimate of drug-likeness (QED) is 0.637. The molecule has 0 unspecified atom stereocenters. The number of amides is 2. The van der Waals surface area contributed by atoms with Crippen LogP contribution in [0.1, 0.15) is 25.0 Å². The van der Waals surface area contributed by atoms with Gasteiger partial charge in [0.05, 0.1) is 11.9 Å². The second-order valence-electron chi connectivity index (χ2n) is 7.33. The summed E-state index contributed by atoms with van der Waals surface area (Å²) in [6, 6.07) is 11.5. The molecule has 0 bridgehead atoms. The Bertz CT molecular complexity index is 1030. The zero-order valence-electron chi connectivity index (χ0n) is 18.1. The highest BCUT2D eigenvalue weighted by molar-refractivity contribution is 7.92. The first kappa shape index (κ1) is 24.3. The average molecular weight is 450 g/mol. The van der Waals surface area contributed by atoms with Crippen molar-refractivity contribution < 1.29 is 22.4 Å². The summed E-state index contributed by atoms with van der Waals surface area (Å²) in [5.41, 5.74) is 1.98. The molecule has 0 heterocycles. The van der Waals surface area contributed by atoms with Crippen LogP contribution in [0.2, 0.25) is 0 Å². The largest absolute Gasteiger partial charge is 0.355 e. The molecule has 2 aromatic rings. The Hall–Kier alpha value is -2.94. The zero-order valence-corrected chi connectivity index (χ0v) is 18.9. The lowest BCUT2D eigenvalue weighted by Gasteiger charge is -2.31. The summed E-state index contributed by atoms with van der Waals surface area (Å²) in [4.78, 5) is 27.1. The lowest BCUT2D eigenvalue weighted by atomic mass is 10.1. The number of benzene rings is 2. The Labute approximate surface area is 182 Å². The van der Waals surface area contributed by atoms with Crippen LogP contribution in [-0.4, -0.2) is 50.5 Å². The molecular formula is C22H28FN3O4S. The fraction of sp³-hybridized carbons (Fsp3) is 0.364. The van der Waals surface area contributed by atoms with Crippen LogP contribution in [-0.2, 0) is 26.2 Å². The fourth-order valence-corrected chi connectivity index (χ4v) is 3.98. The topological polar surface area (TPSA) is 86.8 Å². The summed E-state index contributed by atoms with van der Waals surface area (Å²) >= 11 is 0. The van der Waals surface area contributed by atoms with Crippen molar-refractivity contribution in [3.63, 3.8) is 0 Å². The summed E-state index contributed by atoms with van der Waals surface area (Å²) in [6.07, 6.45) is 0.974. The molecule has 2 rings (SSSR count). The first-order valence-corrected chi connectivity index (χ1v) is 11.7. The number of likely N-dealkylation sites (N-methyl/N-ethyl adjacent to an activating group) is 1. The van der Waals surface area contributed by atoms with Crippen molar-refractivity contribution in [3.8, 4) is 0 Å². The maximum Gasteiger partial charge on any atom is 0.244 e. The molecule has 0 aliphatic rings. The fourth-order valence-electron chi connectivity index (χ4n) is 3.13. The summed E-state index contributed by atoms with van der Waals surface area (Å²) < 4.78 is 38.9. The van der Waals surface area contributed by atoms with Gasteiger partial charge < -0.3 is 10.2 Å². The van der Waals surface area contributed by atoms with E-state index in [-0.39, 0.29) is 18.1 Å². The van der Waals surface area contributed by atoms with Gasteiger partial charge in [0.25, 0.3) is 0 Å². The zero-order chi connectivity index (χ0) is 23.2. The van der Waals surface area contributed by atoms with Crippen LogP contribution in [0.25, 0.3) is 0 Å². The molecule has 0 aromatic heterocycles. The molecular weight excluding hydrogens is 421 g/mol. The standard InChI is InChI=1S/C22H28FN3O4S/c1-5-24-22(28)17(3)25(14-18-8-6-7-16(2)13-18)21(27)15-26(31(4,29)30)20-11-9-19(23)10-12-20/h6-13,17H,5,14-15H2,1-4H3,(H,24,28)/t17-/m0/s1. The highest BCUT2D eigenvalue weighted by atomic mass is 32.2. The number of hydrogen-bond acceptors (Lipinski definition) is 4. The summed E-state index contributed by atoms with van der Waals surface area (Å²) in [6.45, 7) is 5.32. The molecule has 0 radical (unpaired) electrons. The Morgan fingerprint density at radius 2 is 1.77 bits per heavy atom. The molecule has 1 atom stereocenters. The molecule has 0 aliphatic carbocycles. The molecule has 168 valence electrons. The van der Waals surface area contributed by atoms with Gasteiger partial charge in [-0.25, -0.2) is 12.8 Å². The minimum atomic E-state index is -3.83. The first-order valence-electron chi connectivity index (χ1n) is 9.89. The van der Waals surface area contributed by atoms with Crippen molar-refractivity contribution >= 4 is 27.5 Å². The van der Waals surface area contributed by atoms with Crippen molar-refractivity contribution in [2.24, 2.45) is 0 Å². The van der Waals surface area contributed by atoms with Crippen LogP contribution in [0.4, 0.5) is 10.1 Å². The van der Waals surface area contributed by atoms with E-state index in [0.717, 1.165) is 33.8 Å². The van der Waals surface area contributed by atoms with Gasteiger partial charge in [-0.2, -0.15) is 0 Å². The van der Waals surface area contributed by atoms with E-state index < -0.39 is 34.3 Å². The predicted octanol–water partition coefficient (Wildman–Crippen LogP) is 2.45. The molecule has 0 saturated carbocycles. The number of halogens is 1. The van der Waals surface area contributed by atoms with Gasteiger partial charge in [0.1, 0.15) is 18.4 Å². The number of hydrogen-bond donors (Lipinski definition) is 1. The first-order chi connectivity index (χ1) is 14.5. The normalized spacial score (nSPS) is 12.2.